The van der Waals surface area contributed by atoms with E-state index in [1.807, 2.05) is 11.8 Å². The van der Waals surface area contributed by atoms with E-state index in [4.69, 9.17) is 0 Å². The number of aliphatic hydroxyl groups is 1. The highest BCUT2D eigenvalue weighted by molar-refractivity contribution is 8.07. The van der Waals surface area contributed by atoms with Gasteiger partial charge in [0.2, 0.25) is 0 Å². The lowest BCUT2D eigenvalue weighted by atomic mass is 9.79. The van der Waals surface area contributed by atoms with Gasteiger partial charge in [-0.2, -0.15) is 23.5 Å². The fourth-order valence-corrected chi connectivity index (χ4v) is 6.38. The van der Waals surface area contributed by atoms with Crippen LogP contribution in [0.5, 0.6) is 0 Å². The molecule has 2 rings (SSSR count). The van der Waals surface area contributed by atoms with Gasteiger partial charge in [0.05, 0.1) is 6.10 Å². The third-order valence-electron chi connectivity index (χ3n) is 4.37. The quantitative estimate of drug-likeness (QED) is 0.845. The van der Waals surface area contributed by atoms with Gasteiger partial charge in [0, 0.05) is 22.0 Å². The lowest BCUT2D eigenvalue weighted by molar-refractivity contribution is 0.0728. The molecular formula is C14H26OS2. The van der Waals surface area contributed by atoms with E-state index in [9.17, 15) is 5.11 Å². The standard InChI is InChI=1S/C14H26OS2/c1-3-12-14(17-9-8-16-12)13(15)11-6-4-10(2)5-7-11/h10-15H,3-9H2,1-2H3. The van der Waals surface area contributed by atoms with Gasteiger partial charge in [0.15, 0.2) is 0 Å². The third-order valence-corrected chi connectivity index (χ3v) is 7.73. The van der Waals surface area contributed by atoms with Crippen LogP contribution >= 0.6 is 23.5 Å². The van der Waals surface area contributed by atoms with Crippen molar-refractivity contribution >= 4 is 23.5 Å². The van der Waals surface area contributed by atoms with Gasteiger partial charge < -0.3 is 5.11 Å². The highest BCUT2D eigenvalue weighted by Gasteiger charge is 2.36. The zero-order valence-corrected chi connectivity index (χ0v) is 12.7. The zero-order valence-electron chi connectivity index (χ0n) is 11.1. The van der Waals surface area contributed by atoms with Gasteiger partial charge in [-0.15, -0.1) is 0 Å². The number of aliphatic hydroxyl groups excluding tert-OH is 1. The first-order valence-corrected chi connectivity index (χ1v) is 9.23. The van der Waals surface area contributed by atoms with E-state index in [2.05, 4.69) is 25.6 Å². The summed E-state index contributed by atoms with van der Waals surface area (Å²) >= 11 is 4.11. The summed E-state index contributed by atoms with van der Waals surface area (Å²) in [4.78, 5) is 0. The average Bonchev–Trinajstić information content (AvgIpc) is 2.39. The van der Waals surface area contributed by atoms with Crippen LogP contribution in [0.4, 0.5) is 0 Å². The van der Waals surface area contributed by atoms with Crippen molar-refractivity contribution in [3.63, 3.8) is 0 Å². The Labute approximate surface area is 115 Å². The van der Waals surface area contributed by atoms with E-state index in [1.165, 1.54) is 43.6 Å². The van der Waals surface area contributed by atoms with Crippen LogP contribution in [0.15, 0.2) is 0 Å². The topological polar surface area (TPSA) is 20.2 Å². The maximum Gasteiger partial charge on any atom is 0.0697 e. The molecular weight excluding hydrogens is 248 g/mol. The van der Waals surface area contributed by atoms with Crippen molar-refractivity contribution in [3.05, 3.63) is 0 Å². The Hall–Kier alpha value is 0.660. The van der Waals surface area contributed by atoms with Crippen LogP contribution in [-0.2, 0) is 0 Å². The molecule has 1 saturated carbocycles. The van der Waals surface area contributed by atoms with Gasteiger partial charge in [-0.1, -0.05) is 26.7 Å². The largest absolute Gasteiger partial charge is 0.392 e. The first kappa shape index (κ1) is 14.1. The van der Waals surface area contributed by atoms with E-state index < -0.39 is 0 Å². The molecule has 2 aliphatic rings. The van der Waals surface area contributed by atoms with Crippen LogP contribution in [0, 0.1) is 11.8 Å². The first-order chi connectivity index (χ1) is 8.22. The molecule has 2 fully saturated rings. The molecule has 100 valence electrons. The SMILES string of the molecule is CCC1SCCSC1C(O)C1CCC(C)CC1. The molecule has 3 atom stereocenters. The summed E-state index contributed by atoms with van der Waals surface area (Å²) in [5, 5.41) is 11.8. The lowest BCUT2D eigenvalue weighted by Crippen LogP contribution is -2.41. The van der Waals surface area contributed by atoms with Crippen molar-refractivity contribution in [2.24, 2.45) is 11.8 Å². The molecule has 1 saturated heterocycles. The predicted octanol–water partition coefficient (Wildman–Crippen LogP) is 3.80. The van der Waals surface area contributed by atoms with Gasteiger partial charge in [-0.3, -0.25) is 0 Å². The Balaban J connectivity index is 1.90. The normalized spacial score (nSPS) is 41.1. The summed E-state index contributed by atoms with van der Waals surface area (Å²) in [6.07, 6.45) is 6.31. The number of thioether (sulfide) groups is 2. The molecule has 1 heterocycles. The molecule has 3 unspecified atom stereocenters. The summed E-state index contributed by atoms with van der Waals surface area (Å²) in [6.45, 7) is 4.62. The molecule has 0 amide bonds. The molecule has 0 bridgehead atoms. The Bertz CT molecular complexity index is 226. The fraction of sp³-hybridized carbons (Fsp3) is 1.00. The van der Waals surface area contributed by atoms with E-state index >= 15 is 0 Å². The van der Waals surface area contributed by atoms with Gasteiger partial charge in [0.1, 0.15) is 0 Å². The Morgan fingerprint density at radius 1 is 1.12 bits per heavy atom. The Kier molecular flexibility index (Phi) is 5.56. The molecule has 1 aliphatic carbocycles. The first-order valence-electron chi connectivity index (χ1n) is 7.13. The minimum absolute atomic E-state index is 0.0507. The molecule has 17 heavy (non-hydrogen) atoms. The predicted molar refractivity (Wildman–Crippen MR) is 79.9 cm³/mol. The van der Waals surface area contributed by atoms with Crippen molar-refractivity contribution in [2.75, 3.05) is 11.5 Å². The van der Waals surface area contributed by atoms with Crippen molar-refractivity contribution in [1.29, 1.82) is 0 Å². The van der Waals surface area contributed by atoms with Crippen LogP contribution in [-0.4, -0.2) is 33.2 Å². The molecule has 0 aromatic heterocycles. The second kappa shape index (κ2) is 6.72. The minimum Gasteiger partial charge on any atom is -0.392 e. The zero-order chi connectivity index (χ0) is 12.3. The molecule has 1 nitrogen and oxygen atoms in total. The highest BCUT2D eigenvalue weighted by atomic mass is 32.2. The maximum absolute atomic E-state index is 10.7. The third kappa shape index (κ3) is 3.57. The van der Waals surface area contributed by atoms with Crippen LogP contribution in [0.2, 0.25) is 0 Å². The molecule has 1 aliphatic heterocycles. The van der Waals surface area contributed by atoms with Crippen LogP contribution in [0.3, 0.4) is 0 Å². The maximum atomic E-state index is 10.7. The number of rotatable bonds is 3. The molecule has 1 N–H and O–H groups in total. The summed E-state index contributed by atoms with van der Waals surface area (Å²) in [5.74, 6) is 3.96. The highest BCUT2D eigenvalue weighted by Crippen LogP contribution is 2.40. The summed E-state index contributed by atoms with van der Waals surface area (Å²) in [5.41, 5.74) is 0. The summed E-state index contributed by atoms with van der Waals surface area (Å²) < 4.78 is 0. The van der Waals surface area contributed by atoms with E-state index in [1.54, 1.807) is 0 Å². The van der Waals surface area contributed by atoms with Gasteiger partial charge in [0.25, 0.3) is 0 Å². The molecule has 3 heteroatoms. The van der Waals surface area contributed by atoms with E-state index in [-0.39, 0.29) is 6.10 Å². The Morgan fingerprint density at radius 3 is 2.41 bits per heavy atom. The van der Waals surface area contributed by atoms with Crippen molar-refractivity contribution in [3.8, 4) is 0 Å². The monoisotopic (exact) mass is 274 g/mol. The molecule has 0 spiro atoms. The van der Waals surface area contributed by atoms with Crippen LogP contribution in [0.25, 0.3) is 0 Å². The smallest absolute Gasteiger partial charge is 0.0697 e. The van der Waals surface area contributed by atoms with Crippen molar-refractivity contribution < 1.29 is 5.11 Å². The average molecular weight is 274 g/mol. The fourth-order valence-electron chi connectivity index (χ4n) is 3.15. The lowest BCUT2D eigenvalue weighted by Gasteiger charge is -2.39. The molecule has 0 aromatic carbocycles. The van der Waals surface area contributed by atoms with Crippen LogP contribution in [0.1, 0.15) is 46.0 Å². The van der Waals surface area contributed by atoms with E-state index in [0.717, 1.165) is 5.92 Å². The molecule has 0 radical (unpaired) electrons. The number of hydrogen-bond acceptors (Lipinski definition) is 3. The van der Waals surface area contributed by atoms with Gasteiger partial charge >= 0.3 is 0 Å². The van der Waals surface area contributed by atoms with Gasteiger partial charge in [-0.05, 0) is 31.1 Å². The summed E-state index contributed by atoms with van der Waals surface area (Å²) in [6, 6.07) is 0. The number of hydrogen-bond donors (Lipinski definition) is 1. The second-order valence-corrected chi connectivity index (χ2v) is 8.30. The minimum atomic E-state index is -0.0507. The van der Waals surface area contributed by atoms with Crippen LogP contribution < -0.4 is 0 Å². The van der Waals surface area contributed by atoms with Crippen molar-refractivity contribution in [2.45, 2.75) is 62.6 Å². The second-order valence-electron chi connectivity index (χ2n) is 5.66. The van der Waals surface area contributed by atoms with E-state index in [0.29, 0.717) is 16.4 Å². The molecule has 0 aromatic rings. The Morgan fingerprint density at radius 2 is 1.76 bits per heavy atom. The summed E-state index contributed by atoms with van der Waals surface area (Å²) in [7, 11) is 0. The van der Waals surface area contributed by atoms with Crippen molar-refractivity contribution in [1.82, 2.24) is 0 Å². The van der Waals surface area contributed by atoms with Gasteiger partial charge in [-0.25, -0.2) is 0 Å².